The maximum Gasteiger partial charge on any atom is 0.417 e. The molecule has 0 saturated heterocycles. The van der Waals surface area contributed by atoms with Crippen LogP contribution in [-0.2, 0) is 10.9 Å². The molecule has 1 aromatic heterocycles. The van der Waals surface area contributed by atoms with Gasteiger partial charge in [-0.2, -0.15) is 18.3 Å². The van der Waals surface area contributed by atoms with Crippen molar-refractivity contribution in [1.82, 2.24) is 9.78 Å². The van der Waals surface area contributed by atoms with Crippen LogP contribution in [0.1, 0.15) is 22.1 Å². The molecule has 1 aliphatic rings. The molecule has 2 heterocycles. The molecule has 1 atom stereocenters. The number of aromatic nitrogens is 2. The summed E-state index contributed by atoms with van der Waals surface area (Å²) in [6.45, 7) is 0.530. The van der Waals surface area contributed by atoms with Crippen LogP contribution in [-0.4, -0.2) is 35.9 Å². The van der Waals surface area contributed by atoms with Crippen molar-refractivity contribution >= 4 is 45.8 Å². The Hall–Kier alpha value is -1.33. The van der Waals surface area contributed by atoms with Crippen LogP contribution in [0.25, 0.3) is 0 Å². The summed E-state index contributed by atoms with van der Waals surface area (Å²) < 4.78 is 46.1. The molecule has 5 nitrogen and oxygen atoms in total. The van der Waals surface area contributed by atoms with E-state index in [0.29, 0.717) is 21.6 Å². The second kappa shape index (κ2) is 6.76. The largest absolute Gasteiger partial charge is 0.417 e. The zero-order chi connectivity index (χ0) is 18.4. The van der Waals surface area contributed by atoms with Crippen molar-refractivity contribution in [3.8, 4) is 0 Å². The first-order valence-corrected chi connectivity index (χ1v) is 8.60. The van der Waals surface area contributed by atoms with Crippen LogP contribution in [0.5, 0.6) is 0 Å². The van der Waals surface area contributed by atoms with Crippen LogP contribution >= 0.6 is 34.2 Å². The SMILES string of the molecule is COCC1CN(c2ccc(C(F)(F)F)c(Cl)c2)C(=O)c2c(I)cnn21. The van der Waals surface area contributed by atoms with E-state index in [4.69, 9.17) is 16.3 Å². The minimum absolute atomic E-state index is 0.221. The lowest BCUT2D eigenvalue weighted by Gasteiger charge is -2.33. The summed E-state index contributed by atoms with van der Waals surface area (Å²) in [5.74, 6) is -0.343. The minimum Gasteiger partial charge on any atom is -0.382 e. The van der Waals surface area contributed by atoms with E-state index in [1.165, 1.54) is 18.1 Å². The molecule has 0 spiro atoms. The van der Waals surface area contributed by atoms with Crippen molar-refractivity contribution in [2.24, 2.45) is 0 Å². The number of amides is 1. The Kier molecular flexibility index (Phi) is 5.00. The zero-order valence-electron chi connectivity index (χ0n) is 12.8. The number of nitrogens with zero attached hydrogens (tertiary/aromatic N) is 3. The standard InChI is InChI=1S/C15H12ClF3IN3O2/c1-25-7-9-6-22(14(24)13-12(20)5-21-23(9)13)8-2-3-10(11(16)4-8)15(17,18)19/h2-5,9H,6-7H2,1H3. The number of anilines is 1. The Morgan fingerprint density at radius 1 is 1.44 bits per heavy atom. The van der Waals surface area contributed by atoms with Gasteiger partial charge in [0.2, 0.25) is 0 Å². The van der Waals surface area contributed by atoms with Crippen molar-refractivity contribution in [2.75, 3.05) is 25.2 Å². The molecule has 2 aromatic rings. The molecule has 1 amide bonds. The topological polar surface area (TPSA) is 47.4 Å². The number of hydrogen-bond donors (Lipinski definition) is 0. The van der Waals surface area contributed by atoms with Crippen molar-refractivity contribution in [3.05, 3.63) is 44.2 Å². The maximum atomic E-state index is 12.9. The first-order valence-electron chi connectivity index (χ1n) is 7.14. The van der Waals surface area contributed by atoms with E-state index < -0.39 is 16.8 Å². The van der Waals surface area contributed by atoms with Gasteiger partial charge in [-0.25, -0.2) is 0 Å². The Morgan fingerprint density at radius 2 is 2.16 bits per heavy atom. The molecule has 10 heteroatoms. The van der Waals surface area contributed by atoms with Crippen molar-refractivity contribution < 1.29 is 22.7 Å². The predicted molar refractivity (Wildman–Crippen MR) is 94.0 cm³/mol. The van der Waals surface area contributed by atoms with Gasteiger partial charge < -0.3 is 9.64 Å². The molecule has 0 fully saturated rings. The van der Waals surface area contributed by atoms with E-state index in [2.05, 4.69) is 5.10 Å². The Balaban J connectivity index is 2.02. The van der Waals surface area contributed by atoms with Crippen LogP contribution in [0.15, 0.2) is 24.4 Å². The van der Waals surface area contributed by atoms with Gasteiger partial charge in [-0.15, -0.1) is 0 Å². The number of carbonyl (C=O) groups is 1. The van der Waals surface area contributed by atoms with Crippen LogP contribution in [0.4, 0.5) is 18.9 Å². The highest BCUT2D eigenvalue weighted by atomic mass is 127. The van der Waals surface area contributed by atoms with Gasteiger partial charge in [-0.3, -0.25) is 9.48 Å². The first kappa shape index (κ1) is 18.5. The normalized spacial score (nSPS) is 17.8. The Labute approximate surface area is 159 Å². The molecule has 134 valence electrons. The second-order valence-corrected chi connectivity index (χ2v) is 7.04. The molecule has 0 radical (unpaired) electrons. The number of benzene rings is 1. The summed E-state index contributed by atoms with van der Waals surface area (Å²) in [4.78, 5) is 14.2. The molecule has 0 N–H and O–H groups in total. The number of halogens is 5. The van der Waals surface area contributed by atoms with E-state index in [1.54, 1.807) is 10.9 Å². The van der Waals surface area contributed by atoms with Crippen LogP contribution < -0.4 is 4.90 Å². The van der Waals surface area contributed by atoms with Crippen molar-refractivity contribution in [1.29, 1.82) is 0 Å². The zero-order valence-corrected chi connectivity index (χ0v) is 15.8. The van der Waals surface area contributed by atoms with Gasteiger partial charge >= 0.3 is 6.18 Å². The summed E-state index contributed by atoms with van der Waals surface area (Å²) >= 11 is 7.78. The highest BCUT2D eigenvalue weighted by Crippen LogP contribution is 2.37. The molecule has 1 aliphatic heterocycles. The first-order chi connectivity index (χ1) is 11.7. The van der Waals surface area contributed by atoms with E-state index in [-0.39, 0.29) is 18.5 Å². The van der Waals surface area contributed by atoms with E-state index in [1.807, 2.05) is 22.6 Å². The fourth-order valence-electron chi connectivity index (χ4n) is 2.76. The number of ether oxygens (including phenoxy) is 1. The van der Waals surface area contributed by atoms with E-state index in [0.717, 1.165) is 12.1 Å². The second-order valence-electron chi connectivity index (χ2n) is 5.47. The maximum absolute atomic E-state index is 12.9. The smallest absolute Gasteiger partial charge is 0.382 e. The van der Waals surface area contributed by atoms with Gasteiger partial charge in [0, 0.05) is 12.8 Å². The summed E-state index contributed by atoms with van der Waals surface area (Å²) in [7, 11) is 1.53. The lowest BCUT2D eigenvalue weighted by Crippen LogP contribution is -2.45. The van der Waals surface area contributed by atoms with Crippen LogP contribution in [0, 0.1) is 3.57 Å². The third kappa shape index (κ3) is 3.36. The average molecular weight is 486 g/mol. The number of fused-ring (bicyclic) bond motifs is 1. The Bertz CT molecular complexity index is 825. The lowest BCUT2D eigenvalue weighted by atomic mass is 10.1. The number of carbonyl (C=O) groups excluding carboxylic acids is 1. The summed E-state index contributed by atoms with van der Waals surface area (Å²) in [6.07, 6.45) is -2.98. The lowest BCUT2D eigenvalue weighted by molar-refractivity contribution is -0.137. The van der Waals surface area contributed by atoms with Gasteiger partial charge in [-0.1, -0.05) is 11.6 Å². The number of methoxy groups -OCH3 is 1. The molecular weight excluding hydrogens is 474 g/mol. The van der Waals surface area contributed by atoms with Crippen LogP contribution in [0.2, 0.25) is 5.02 Å². The molecule has 25 heavy (non-hydrogen) atoms. The molecule has 0 aliphatic carbocycles. The molecular formula is C15H12ClF3IN3O2. The molecule has 0 bridgehead atoms. The summed E-state index contributed by atoms with van der Waals surface area (Å²) in [6, 6.07) is 3.04. The van der Waals surface area contributed by atoms with Crippen molar-refractivity contribution in [2.45, 2.75) is 12.2 Å². The number of rotatable bonds is 3. The van der Waals surface area contributed by atoms with Gasteiger partial charge in [0.05, 0.1) is 39.5 Å². The van der Waals surface area contributed by atoms with E-state index in [9.17, 15) is 18.0 Å². The van der Waals surface area contributed by atoms with Crippen LogP contribution in [0.3, 0.4) is 0 Å². The van der Waals surface area contributed by atoms with Gasteiger partial charge in [0.15, 0.2) is 0 Å². The highest BCUT2D eigenvalue weighted by Gasteiger charge is 2.37. The minimum atomic E-state index is -4.55. The fourth-order valence-corrected chi connectivity index (χ4v) is 3.64. The molecule has 3 rings (SSSR count). The quantitative estimate of drug-likeness (QED) is 0.618. The van der Waals surface area contributed by atoms with Crippen molar-refractivity contribution in [3.63, 3.8) is 0 Å². The molecule has 1 aromatic carbocycles. The molecule has 1 unspecified atom stereocenters. The Morgan fingerprint density at radius 3 is 2.76 bits per heavy atom. The summed E-state index contributed by atoms with van der Waals surface area (Å²) in [5.41, 5.74) is -0.257. The highest BCUT2D eigenvalue weighted by molar-refractivity contribution is 14.1. The van der Waals surface area contributed by atoms with Gasteiger partial charge in [0.25, 0.3) is 5.91 Å². The van der Waals surface area contributed by atoms with Gasteiger partial charge in [-0.05, 0) is 40.8 Å². The fraction of sp³-hybridized carbons (Fsp3) is 0.333. The molecule has 0 saturated carbocycles. The third-order valence-corrected chi connectivity index (χ3v) is 4.97. The number of hydrogen-bond acceptors (Lipinski definition) is 3. The predicted octanol–water partition coefficient (Wildman–Crippen LogP) is 4.01. The monoisotopic (exact) mass is 485 g/mol. The van der Waals surface area contributed by atoms with Gasteiger partial charge in [0.1, 0.15) is 5.69 Å². The van der Waals surface area contributed by atoms with E-state index >= 15 is 0 Å². The summed E-state index contributed by atoms with van der Waals surface area (Å²) in [5, 5.41) is 3.76. The average Bonchev–Trinajstić information content (AvgIpc) is 2.91. The number of alkyl halides is 3. The third-order valence-electron chi connectivity index (χ3n) is 3.87.